The van der Waals surface area contributed by atoms with E-state index in [1.807, 2.05) is 42.7 Å². The molecule has 0 aliphatic heterocycles. The van der Waals surface area contributed by atoms with Crippen LogP contribution >= 0.6 is 11.8 Å². The molecule has 0 saturated carbocycles. The van der Waals surface area contributed by atoms with Crippen LogP contribution in [0.1, 0.15) is 85.9 Å². The van der Waals surface area contributed by atoms with Crippen molar-refractivity contribution in [3.63, 3.8) is 0 Å². The van der Waals surface area contributed by atoms with E-state index < -0.39 is 23.9 Å². The van der Waals surface area contributed by atoms with Gasteiger partial charge in [0.2, 0.25) is 0 Å². The summed E-state index contributed by atoms with van der Waals surface area (Å²) >= 11 is 1.65. The number of halogens is 1. The van der Waals surface area contributed by atoms with E-state index >= 15 is 0 Å². The molecule has 1 atom stereocenters. The summed E-state index contributed by atoms with van der Waals surface area (Å²) in [6.07, 6.45) is 11.6. The first-order chi connectivity index (χ1) is 21.4. The van der Waals surface area contributed by atoms with Crippen LogP contribution in [-0.4, -0.2) is 49.9 Å². The van der Waals surface area contributed by atoms with Crippen molar-refractivity contribution in [2.24, 2.45) is 0 Å². The summed E-state index contributed by atoms with van der Waals surface area (Å²) in [5.41, 5.74) is 2.01. The smallest absolute Gasteiger partial charge is 0.343 e. The van der Waals surface area contributed by atoms with Gasteiger partial charge in [-0.15, -0.1) is 0 Å². The molecule has 238 valence electrons. The monoisotopic (exact) mass is 624 g/mol. The quantitative estimate of drug-likeness (QED) is 0.0705. The number of rotatable bonds is 20. The van der Waals surface area contributed by atoms with Gasteiger partial charge in [-0.1, -0.05) is 76.1 Å². The van der Waals surface area contributed by atoms with Gasteiger partial charge in [0.1, 0.15) is 23.4 Å². The number of ether oxygens (including phenoxy) is 4. The number of hydrogen-bond donors (Lipinski definition) is 0. The number of carbonyl (C=O) groups excluding carboxylic acids is 2. The Labute approximate surface area is 265 Å². The highest BCUT2D eigenvalue weighted by Crippen LogP contribution is 2.24. The van der Waals surface area contributed by atoms with Crippen LogP contribution in [0.5, 0.6) is 11.5 Å². The van der Waals surface area contributed by atoms with Crippen LogP contribution in [0, 0.1) is 5.82 Å². The predicted octanol–water partition coefficient (Wildman–Crippen LogP) is 9.16. The minimum atomic E-state index is -0.837. The van der Waals surface area contributed by atoms with Crippen LogP contribution in [-0.2, 0) is 9.47 Å². The molecule has 0 radical (unpaired) electrons. The Morgan fingerprint density at radius 3 is 2.02 bits per heavy atom. The van der Waals surface area contributed by atoms with Crippen LogP contribution in [0.15, 0.2) is 66.7 Å². The van der Waals surface area contributed by atoms with E-state index in [-0.39, 0.29) is 17.9 Å². The van der Waals surface area contributed by atoms with Crippen LogP contribution in [0.25, 0.3) is 11.1 Å². The van der Waals surface area contributed by atoms with Crippen LogP contribution < -0.4 is 9.47 Å². The molecule has 0 N–H and O–H groups in total. The van der Waals surface area contributed by atoms with E-state index in [2.05, 4.69) is 6.92 Å². The average Bonchev–Trinajstić information content (AvgIpc) is 3.02. The molecular weight excluding hydrogens is 579 g/mol. The molecule has 0 spiro atoms. The van der Waals surface area contributed by atoms with Gasteiger partial charge < -0.3 is 18.9 Å². The van der Waals surface area contributed by atoms with Crippen LogP contribution in [0.4, 0.5) is 4.39 Å². The first-order valence-electron chi connectivity index (χ1n) is 15.5. The van der Waals surface area contributed by atoms with Gasteiger partial charge in [-0.25, -0.2) is 14.0 Å². The number of esters is 2. The Morgan fingerprint density at radius 1 is 0.773 bits per heavy atom. The number of unbranched alkanes of at least 4 members (excludes halogenated alkanes) is 7. The summed E-state index contributed by atoms with van der Waals surface area (Å²) in [6, 6.07) is 18.5. The number of thioether (sulfide) groups is 1. The van der Waals surface area contributed by atoms with Crippen molar-refractivity contribution in [3.05, 3.63) is 83.7 Å². The Bertz CT molecular complexity index is 1280. The van der Waals surface area contributed by atoms with Gasteiger partial charge in [0.25, 0.3) is 0 Å². The van der Waals surface area contributed by atoms with Gasteiger partial charge in [-0.3, -0.25) is 0 Å². The Kier molecular flexibility index (Phi) is 15.8. The standard InChI is InChI=1S/C36H45FO6S/c1-4-5-6-7-8-9-10-11-22-41-31-18-16-29(17-19-31)28-12-14-30(15-13-28)35(38)43-32-20-21-33(34(37)25-32)36(39)42-27(2)26-40-23-24-44-3/h12-21,25,27H,4-11,22-24,26H2,1-3H3/t27-/m1/s1. The minimum Gasteiger partial charge on any atom is -0.494 e. The number of carbonyl (C=O) groups is 2. The van der Waals surface area contributed by atoms with Crippen molar-refractivity contribution >= 4 is 23.7 Å². The second-order valence-corrected chi connectivity index (χ2v) is 11.7. The molecule has 0 bridgehead atoms. The lowest BCUT2D eigenvalue weighted by atomic mass is 10.0. The fourth-order valence-electron chi connectivity index (χ4n) is 4.53. The van der Waals surface area contributed by atoms with Crippen molar-refractivity contribution in [2.45, 2.75) is 71.3 Å². The molecule has 0 amide bonds. The fourth-order valence-corrected chi connectivity index (χ4v) is 4.82. The SMILES string of the molecule is CCCCCCCCCCOc1ccc(-c2ccc(C(=O)Oc3ccc(C(=O)O[C@H](C)COCCSC)c(F)c3)cc2)cc1. The minimum absolute atomic E-state index is 0.0101. The van der Waals surface area contributed by atoms with Gasteiger partial charge >= 0.3 is 11.9 Å². The molecule has 0 saturated heterocycles. The molecule has 8 heteroatoms. The Morgan fingerprint density at radius 2 is 1.39 bits per heavy atom. The molecule has 44 heavy (non-hydrogen) atoms. The zero-order chi connectivity index (χ0) is 31.6. The second kappa shape index (κ2) is 19.8. The summed E-state index contributed by atoms with van der Waals surface area (Å²) < 4.78 is 36.6. The number of benzene rings is 3. The molecular formula is C36H45FO6S. The molecule has 0 aliphatic carbocycles. The normalized spacial score (nSPS) is 11.6. The highest BCUT2D eigenvalue weighted by Gasteiger charge is 2.18. The highest BCUT2D eigenvalue weighted by molar-refractivity contribution is 7.98. The van der Waals surface area contributed by atoms with E-state index in [1.165, 1.54) is 57.1 Å². The van der Waals surface area contributed by atoms with E-state index in [4.69, 9.17) is 18.9 Å². The predicted molar refractivity (Wildman–Crippen MR) is 175 cm³/mol. The summed E-state index contributed by atoms with van der Waals surface area (Å²) in [6.45, 7) is 5.40. The average molecular weight is 625 g/mol. The van der Waals surface area contributed by atoms with E-state index in [0.29, 0.717) is 12.2 Å². The lowest BCUT2D eigenvalue weighted by molar-refractivity contribution is 0.00446. The molecule has 0 aliphatic rings. The maximum Gasteiger partial charge on any atom is 0.343 e. The topological polar surface area (TPSA) is 71.1 Å². The van der Waals surface area contributed by atoms with Gasteiger partial charge in [0.15, 0.2) is 0 Å². The van der Waals surface area contributed by atoms with Gasteiger partial charge in [0, 0.05) is 11.8 Å². The van der Waals surface area contributed by atoms with Gasteiger partial charge in [0.05, 0.1) is 30.9 Å². The molecule has 0 unspecified atom stereocenters. The molecule has 0 fully saturated rings. The van der Waals surface area contributed by atoms with Crippen LogP contribution in [0.2, 0.25) is 0 Å². The molecule has 6 nitrogen and oxygen atoms in total. The zero-order valence-corrected chi connectivity index (χ0v) is 27.0. The molecule has 3 aromatic rings. The van der Waals surface area contributed by atoms with Gasteiger partial charge in [-0.2, -0.15) is 11.8 Å². The Balaban J connectivity index is 1.44. The lowest BCUT2D eigenvalue weighted by Crippen LogP contribution is -2.21. The second-order valence-electron chi connectivity index (χ2n) is 10.7. The van der Waals surface area contributed by atoms with Crippen molar-refractivity contribution in [1.29, 1.82) is 0 Å². The largest absolute Gasteiger partial charge is 0.494 e. The first-order valence-corrected chi connectivity index (χ1v) is 16.9. The third-order valence-electron chi connectivity index (χ3n) is 7.04. The van der Waals surface area contributed by atoms with E-state index in [1.54, 1.807) is 30.8 Å². The third-order valence-corrected chi connectivity index (χ3v) is 7.61. The molecule has 3 aromatic carbocycles. The van der Waals surface area contributed by atoms with E-state index in [9.17, 15) is 14.0 Å². The molecule has 0 heterocycles. The summed E-state index contributed by atoms with van der Waals surface area (Å²) in [5, 5.41) is 0. The fraction of sp³-hybridized carbons (Fsp3) is 0.444. The highest BCUT2D eigenvalue weighted by atomic mass is 32.2. The lowest BCUT2D eigenvalue weighted by Gasteiger charge is -2.14. The van der Waals surface area contributed by atoms with Crippen molar-refractivity contribution in [2.75, 3.05) is 31.8 Å². The van der Waals surface area contributed by atoms with Crippen LogP contribution in [0.3, 0.4) is 0 Å². The maximum atomic E-state index is 14.7. The third kappa shape index (κ3) is 12.3. The Hall–Kier alpha value is -3.36. The zero-order valence-electron chi connectivity index (χ0n) is 26.1. The number of hydrogen-bond acceptors (Lipinski definition) is 7. The van der Waals surface area contributed by atoms with Gasteiger partial charge in [-0.05, 0) is 67.1 Å². The first kappa shape index (κ1) is 35.1. The van der Waals surface area contributed by atoms with E-state index in [0.717, 1.165) is 41.7 Å². The summed E-state index contributed by atoms with van der Waals surface area (Å²) in [7, 11) is 0. The summed E-state index contributed by atoms with van der Waals surface area (Å²) in [4.78, 5) is 25.1. The van der Waals surface area contributed by atoms with Crippen molar-refractivity contribution < 1.29 is 32.9 Å². The van der Waals surface area contributed by atoms with Crippen molar-refractivity contribution in [3.8, 4) is 22.6 Å². The molecule has 0 aromatic heterocycles. The summed E-state index contributed by atoms with van der Waals surface area (Å²) in [5.74, 6) is -0.607. The molecule has 3 rings (SSSR count). The maximum absolute atomic E-state index is 14.7. The van der Waals surface area contributed by atoms with Crippen molar-refractivity contribution in [1.82, 2.24) is 0 Å².